The fourth-order valence-corrected chi connectivity index (χ4v) is 2.42. The fourth-order valence-electron chi connectivity index (χ4n) is 2.42. The Morgan fingerprint density at radius 1 is 1.13 bits per heavy atom. The number of fused-ring (bicyclic) bond motifs is 2. The Morgan fingerprint density at radius 2 is 1.78 bits per heavy atom. The van der Waals surface area contributed by atoms with Crippen LogP contribution in [0.15, 0.2) is 35.9 Å². The Balaban J connectivity index is 2.08. The number of carbonyl (C=O) groups is 1. The zero-order chi connectivity index (χ0) is 17.0. The number of halogens is 5. The van der Waals surface area contributed by atoms with Crippen LogP contribution < -0.4 is 0 Å². The molecule has 0 amide bonds. The highest BCUT2D eigenvalue weighted by atomic mass is 19.4. The van der Waals surface area contributed by atoms with Crippen molar-refractivity contribution >= 4 is 22.4 Å². The van der Waals surface area contributed by atoms with Gasteiger partial charge < -0.3 is 5.11 Å². The lowest BCUT2D eigenvalue weighted by atomic mass is 10.0. The Bertz CT molecular complexity index is 855. The largest absolute Gasteiger partial charge is 0.505 e. The van der Waals surface area contributed by atoms with Crippen molar-refractivity contribution in [2.45, 2.75) is 18.5 Å². The van der Waals surface area contributed by atoms with Gasteiger partial charge in [-0.15, -0.1) is 0 Å². The number of aliphatic hydroxyl groups excluding tert-OH is 1. The third-order valence-electron chi connectivity index (χ3n) is 3.60. The number of carbonyl (C=O) groups excluding carboxylic acids is 1. The Hall–Kier alpha value is -2.51. The van der Waals surface area contributed by atoms with Gasteiger partial charge in [0.15, 0.2) is 0 Å². The summed E-state index contributed by atoms with van der Waals surface area (Å²) in [5.74, 6) is -8.94. The molecule has 0 fully saturated rings. The Kier molecular flexibility index (Phi) is 3.17. The van der Waals surface area contributed by atoms with E-state index >= 15 is 0 Å². The van der Waals surface area contributed by atoms with Crippen molar-refractivity contribution in [2.24, 2.45) is 0 Å². The highest BCUT2D eigenvalue weighted by Gasteiger charge is 2.64. The summed E-state index contributed by atoms with van der Waals surface area (Å²) in [6.07, 6.45) is -6.55. The van der Waals surface area contributed by atoms with Crippen molar-refractivity contribution in [1.82, 2.24) is 4.98 Å². The minimum atomic E-state index is -6.02. The number of Topliss-reactive ketones (excluding diaryl/α,β-unsaturated/α-hetero) is 1. The number of benzene rings is 1. The quantitative estimate of drug-likeness (QED) is 0.852. The van der Waals surface area contributed by atoms with Gasteiger partial charge in [0, 0.05) is 11.8 Å². The fraction of sp³-hybridized carbons (Fsp3) is 0.200. The predicted octanol–water partition coefficient (Wildman–Crippen LogP) is 3.83. The number of rotatable bonds is 2. The lowest BCUT2D eigenvalue weighted by Crippen LogP contribution is -2.45. The summed E-state index contributed by atoms with van der Waals surface area (Å²) in [6, 6.07) is 8.11. The van der Waals surface area contributed by atoms with Gasteiger partial charge in [0.25, 0.3) is 0 Å². The van der Waals surface area contributed by atoms with Crippen LogP contribution in [-0.4, -0.2) is 28.0 Å². The maximum absolute atomic E-state index is 13.2. The second-order valence-corrected chi connectivity index (χ2v) is 5.09. The number of para-hydroxylation sites is 1. The molecule has 2 aromatic rings. The molecule has 0 radical (unpaired) electrons. The van der Waals surface area contributed by atoms with Crippen molar-refractivity contribution in [1.29, 1.82) is 0 Å². The minimum Gasteiger partial charge on any atom is -0.505 e. The third kappa shape index (κ3) is 2.25. The molecule has 0 aliphatic heterocycles. The second kappa shape index (κ2) is 4.74. The first-order chi connectivity index (χ1) is 10.6. The number of hydrogen-bond acceptors (Lipinski definition) is 3. The molecule has 8 heteroatoms. The summed E-state index contributed by atoms with van der Waals surface area (Å²) in [5.41, 5.74) is -0.480. The van der Waals surface area contributed by atoms with Crippen LogP contribution in [-0.2, 0) is 11.2 Å². The SMILES string of the molecule is O=C(C1=C(O)c2nc3ccccc3cc2C1)C(F)(F)C(F)(F)F. The van der Waals surface area contributed by atoms with Gasteiger partial charge in [-0.25, -0.2) is 4.98 Å². The van der Waals surface area contributed by atoms with Crippen molar-refractivity contribution in [3.05, 3.63) is 47.2 Å². The predicted molar refractivity (Wildman–Crippen MR) is 71.0 cm³/mol. The Labute approximate surface area is 126 Å². The summed E-state index contributed by atoms with van der Waals surface area (Å²) in [4.78, 5) is 15.6. The van der Waals surface area contributed by atoms with E-state index in [-0.39, 0.29) is 11.3 Å². The number of allylic oxidation sites excluding steroid dienone is 1. The van der Waals surface area contributed by atoms with E-state index in [2.05, 4.69) is 4.98 Å². The number of hydrogen-bond donors (Lipinski definition) is 1. The maximum atomic E-state index is 13.2. The molecule has 23 heavy (non-hydrogen) atoms. The molecule has 1 aromatic heterocycles. The van der Waals surface area contributed by atoms with Crippen LogP contribution in [0.4, 0.5) is 22.0 Å². The molecule has 1 heterocycles. The summed E-state index contributed by atoms with van der Waals surface area (Å²) in [5, 5.41) is 10.5. The molecule has 3 nitrogen and oxygen atoms in total. The van der Waals surface area contributed by atoms with Crippen LogP contribution in [0.3, 0.4) is 0 Å². The minimum absolute atomic E-state index is 0.148. The molecule has 1 aliphatic carbocycles. The highest BCUT2D eigenvalue weighted by Crippen LogP contribution is 2.41. The van der Waals surface area contributed by atoms with E-state index in [0.717, 1.165) is 0 Å². The number of alkyl halides is 5. The van der Waals surface area contributed by atoms with Crippen molar-refractivity contribution in [2.75, 3.05) is 0 Å². The van der Waals surface area contributed by atoms with Crippen molar-refractivity contribution < 1.29 is 31.9 Å². The molecule has 0 spiro atoms. The average Bonchev–Trinajstić information content (AvgIpc) is 2.79. The number of nitrogens with zero attached hydrogens (tertiary/aromatic N) is 1. The average molecular weight is 329 g/mol. The van der Waals surface area contributed by atoms with Crippen molar-refractivity contribution in [3.63, 3.8) is 0 Å². The standard InChI is InChI=1S/C15H8F5NO2/c16-14(17,15(18,19)20)13(23)9-6-8-5-7-3-1-2-4-10(7)21-11(8)12(9)22/h1-5,22H,6H2. The van der Waals surface area contributed by atoms with Crippen LogP contribution in [0.25, 0.3) is 16.7 Å². The lowest BCUT2D eigenvalue weighted by molar-refractivity contribution is -0.266. The first-order valence-corrected chi connectivity index (χ1v) is 6.43. The number of pyridine rings is 1. The van der Waals surface area contributed by atoms with Crippen LogP contribution >= 0.6 is 0 Å². The first-order valence-electron chi connectivity index (χ1n) is 6.43. The van der Waals surface area contributed by atoms with E-state index in [0.29, 0.717) is 10.9 Å². The number of ketones is 1. The number of aromatic nitrogens is 1. The van der Waals surface area contributed by atoms with E-state index in [1.54, 1.807) is 24.3 Å². The molecule has 1 aromatic carbocycles. The van der Waals surface area contributed by atoms with Gasteiger partial charge in [-0.1, -0.05) is 18.2 Å². The third-order valence-corrected chi connectivity index (χ3v) is 3.60. The van der Waals surface area contributed by atoms with Gasteiger partial charge in [-0.3, -0.25) is 4.79 Å². The van der Waals surface area contributed by atoms with Crippen LogP contribution in [0, 0.1) is 0 Å². The highest BCUT2D eigenvalue weighted by molar-refractivity contribution is 6.08. The molecular formula is C15H8F5NO2. The normalized spacial score (nSPS) is 15.2. The zero-order valence-corrected chi connectivity index (χ0v) is 11.3. The van der Waals surface area contributed by atoms with Crippen LogP contribution in [0.1, 0.15) is 11.3 Å². The van der Waals surface area contributed by atoms with Gasteiger partial charge in [-0.05, 0) is 17.7 Å². The van der Waals surface area contributed by atoms with E-state index in [1.165, 1.54) is 6.07 Å². The topological polar surface area (TPSA) is 50.2 Å². The van der Waals surface area contributed by atoms with Crippen LogP contribution in [0.5, 0.6) is 0 Å². The van der Waals surface area contributed by atoms with Crippen molar-refractivity contribution in [3.8, 4) is 0 Å². The lowest BCUT2D eigenvalue weighted by Gasteiger charge is -2.18. The number of aliphatic hydroxyl groups is 1. The van der Waals surface area contributed by atoms with E-state index in [4.69, 9.17) is 0 Å². The van der Waals surface area contributed by atoms with E-state index in [1.807, 2.05) is 0 Å². The summed E-state index contributed by atoms with van der Waals surface area (Å²) in [6.45, 7) is 0. The molecule has 120 valence electrons. The molecule has 0 saturated heterocycles. The Morgan fingerprint density at radius 3 is 2.43 bits per heavy atom. The molecule has 0 bridgehead atoms. The molecule has 0 atom stereocenters. The molecular weight excluding hydrogens is 321 g/mol. The summed E-state index contributed by atoms with van der Waals surface area (Å²) >= 11 is 0. The molecule has 1 aliphatic rings. The second-order valence-electron chi connectivity index (χ2n) is 5.09. The smallest absolute Gasteiger partial charge is 0.461 e. The zero-order valence-electron chi connectivity index (χ0n) is 11.3. The van der Waals surface area contributed by atoms with Crippen LogP contribution in [0.2, 0.25) is 0 Å². The molecule has 3 rings (SSSR count). The van der Waals surface area contributed by atoms with E-state index < -0.39 is 35.6 Å². The van der Waals surface area contributed by atoms with Gasteiger partial charge in [0.05, 0.1) is 11.1 Å². The van der Waals surface area contributed by atoms with Gasteiger partial charge in [0.2, 0.25) is 5.78 Å². The summed E-state index contributed by atoms with van der Waals surface area (Å²) < 4.78 is 63.4. The molecule has 0 unspecified atom stereocenters. The molecule has 0 saturated carbocycles. The van der Waals surface area contributed by atoms with Gasteiger partial charge in [-0.2, -0.15) is 22.0 Å². The van der Waals surface area contributed by atoms with Gasteiger partial charge in [0.1, 0.15) is 11.5 Å². The molecule has 1 N–H and O–H groups in total. The summed E-state index contributed by atoms with van der Waals surface area (Å²) in [7, 11) is 0. The van der Waals surface area contributed by atoms with Gasteiger partial charge >= 0.3 is 12.1 Å². The first kappa shape index (κ1) is 15.4. The maximum Gasteiger partial charge on any atom is 0.461 e. The monoisotopic (exact) mass is 329 g/mol. The van der Waals surface area contributed by atoms with E-state index in [9.17, 15) is 31.9 Å².